The fraction of sp³-hybridized carbons (Fsp3) is 0.421. The van der Waals surface area contributed by atoms with E-state index in [1.165, 1.54) is 12.8 Å². The molecule has 0 spiro atoms. The Labute approximate surface area is 142 Å². The molecule has 0 bridgehead atoms. The molecule has 0 aliphatic carbocycles. The molecule has 5 heteroatoms. The minimum atomic E-state index is -0.0959. The number of rotatable bonds is 6. The molecule has 1 fully saturated rings. The van der Waals surface area contributed by atoms with Crippen LogP contribution in [0.4, 0.5) is 0 Å². The molecule has 0 saturated carbocycles. The average Bonchev–Trinajstić information content (AvgIpc) is 3.27. The van der Waals surface area contributed by atoms with Crippen LogP contribution in [0, 0.1) is 6.92 Å². The number of methoxy groups -OCH3 is 1. The molecule has 1 aromatic carbocycles. The third-order valence-electron chi connectivity index (χ3n) is 4.46. The van der Waals surface area contributed by atoms with Crippen molar-refractivity contribution in [1.82, 2.24) is 10.2 Å². The second kappa shape index (κ2) is 7.53. The Morgan fingerprint density at radius 2 is 2.08 bits per heavy atom. The Morgan fingerprint density at radius 1 is 1.29 bits per heavy atom. The van der Waals surface area contributed by atoms with E-state index in [0.29, 0.717) is 17.9 Å². The minimum Gasteiger partial charge on any atom is -0.497 e. The molecule has 0 radical (unpaired) electrons. The number of carbonyl (C=O) groups is 1. The van der Waals surface area contributed by atoms with Crippen molar-refractivity contribution >= 4 is 5.91 Å². The number of amides is 1. The molecule has 1 saturated heterocycles. The molecule has 1 aliphatic heterocycles. The molecular weight excluding hydrogens is 304 g/mol. The highest BCUT2D eigenvalue weighted by Crippen LogP contribution is 2.26. The van der Waals surface area contributed by atoms with Crippen molar-refractivity contribution in [1.29, 1.82) is 0 Å². The lowest BCUT2D eigenvalue weighted by molar-refractivity contribution is 0.0933. The fourth-order valence-corrected chi connectivity index (χ4v) is 3.15. The number of ether oxygens (including phenoxy) is 1. The maximum atomic E-state index is 12.5. The first kappa shape index (κ1) is 16.6. The third-order valence-corrected chi connectivity index (χ3v) is 4.46. The zero-order valence-corrected chi connectivity index (χ0v) is 14.2. The van der Waals surface area contributed by atoms with Gasteiger partial charge in [-0.05, 0) is 63.2 Å². The van der Waals surface area contributed by atoms with Crippen LogP contribution in [0.2, 0.25) is 0 Å². The van der Waals surface area contributed by atoms with Crippen LogP contribution < -0.4 is 10.1 Å². The van der Waals surface area contributed by atoms with Gasteiger partial charge in [-0.1, -0.05) is 6.07 Å². The van der Waals surface area contributed by atoms with E-state index in [9.17, 15) is 4.79 Å². The molecule has 2 aromatic rings. The zero-order chi connectivity index (χ0) is 16.9. The number of benzene rings is 1. The van der Waals surface area contributed by atoms with Crippen molar-refractivity contribution in [2.45, 2.75) is 25.8 Å². The molecule has 0 unspecified atom stereocenters. The highest BCUT2D eigenvalue weighted by molar-refractivity contribution is 5.94. The second-order valence-corrected chi connectivity index (χ2v) is 6.15. The van der Waals surface area contributed by atoms with E-state index in [2.05, 4.69) is 10.2 Å². The van der Waals surface area contributed by atoms with E-state index in [1.54, 1.807) is 19.2 Å². The lowest BCUT2D eigenvalue weighted by atomic mass is 10.1. The molecule has 1 aromatic heterocycles. The highest BCUT2D eigenvalue weighted by atomic mass is 16.5. The fourth-order valence-electron chi connectivity index (χ4n) is 3.15. The van der Waals surface area contributed by atoms with Crippen LogP contribution in [0.3, 0.4) is 0 Å². The standard InChI is InChI=1S/C19H24N2O3/c1-14-8-9-18(24-14)17(21-10-3-4-11-21)13-20-19(22)15-6-5-7-16(12-15)23-2/h5-9,12,17H,3-4,10-11,13H2,1-2H3,(H,20,22)/t17-/m1/s1. The van der Waals surface area contributed by atoms with Crippen molar-refractivity contribution in [2.24, 2.45) is 0 Å². The molecule has 3 rings (SSSR count). The topological polar surface area (TPSA) is 54.7 Å². The summed E-state index contributed by atoms with van der Waals surface area (Å²) in [7, 11) is 1.60. The molecule has 128 valence electrons. The first-order valence-electron chi connectivity index (χ1n) is 8.40. The minimum absolute atomic E-state index is 0.0794. The quantitative estimate of drug-likeness (QED) is 0.885. The van der Waals surface area contributed by atoms with Gasteiger partial charge in [0.05, 0.1) is 13.2 Å². The van der Waals surface area contributed by atoms with Crippen LogP contribution >= 0.6 is 0 Å². The van der Waals surface area contributed by atoms with Gasteiger partial charge in [-0.3, -0.25) is 9.69 Å². The summed E-state index contributed by atoms with van der Waals surface area (Å²) >= 11 is 0. The summed E-state index contributed by atoms with van der Waals surface area (Å²) in [5.41, 5.74) is 0.602. The molecule has 2 heterocycles. The smallest absolute Gasteiger partial charge is 0.251 e. The number of furan rings is 1. The van der Waals surface area contributed by atoms with E-state index in [-0.39, 0.29) is 11.9 Å². The molecule has 1 N–H and O–H groups in total. The lowest BCUT2D eigenvalue weighted by Crippen LogP contribution is -2.36. The first-order valence-corrected chi connectivity index (χ1v) is 8.40. The third kappa shape index (κ3) is 3.79. The number of aryl methyl sites for hydroxylation is 1. The predicted molar refractivity (Wildman–Crippen MR) is 92.3 cm³/mol. The van der Waals surface area contributed by atoms with Gasteiger partial charge >= 0.3 is 0 Å². The molecule has 24 heavy (non-hydrogen) atoms. The summed E-state index contributed by atoms with van der Waals surface area (Å²) in [5, 5.41) is 3.04. The number of likely N-dealkylation sites (tertiary alicyclic amines) is 1. The van der Waals surface area contributed by atoms with Gasteiger partial charge in [0.15, 0.2) is 0 Å². The van der Waals surface area contributed by atoms with Crippen LogP contribution in [0.25, 0.3) is 0 Å². The molecular formula is C19H24N2O3. The highest BCUT2D eigenvalue weighted by Gasteiger charge is 2.26. The van der Waals surface area contributed by atoms with Crippen LogP contribution in [0.1, 0.15) is 40.8 Å². The van der Waals surface area contributed by atoms with Crippen LogP contribution in [0.5, 0.6) is 5.75 Å². The van der Waals surface area contributed by atoms with Crippen LogP contribution in [0.15, 0.2) is 40.8 Å². The Balaban J connectivity index is 1.69. The zero-order valence-electron chi connectivity index (χ0n) is 14.2. The summed E-state index contributed by atoms with van der Waals surface area (Å²) in [6, 6.07) is 11.3. The largest absolute Gasteiger partial charge is 0.497 e. The normalized spacial score (nSPS) is 16.1. The average molecular weight is 328 g/mol. The van der Waals surface area contributed by atoms with Gasteiger partial charge in [0.2, 0.25) is 0 Å². The van der Waals surface area contributed by atoms with Gasteiger partial charge in [0.1, 0.15) is 17.3 Å². The molecule has 5 nitrogen and oxygen atoms in total. The van der Waals surface area contributed by atoms with Crippen molar-refractivity contribution in [2.75, 3.05) is 26.7 Å². The van der Waals surface area contributed by atoms with E-state index >= 15 is 0 Å². The van der Waals surface area contributed by atoms with Crippen LogP contribution in [-0.4, -0.2) is 37.6 Å². The summed E-state index contributed by atoms with van der Waals surface area (Å²) in [4.78, 5) is 14.8. The van der Waals surface area contributed by atoms with Crippen molar-refractivity contribution < 1.29 is 13.9 Å². The SMILES string of the molecule is COc1cccc(C(=O)NC[C@H](c2ccc(C)o2)N2CCCC2)c1. The number of hydrogen-bond acceptors (Lipinski definition) is 4. The van der Waals surface area contributed by atoms with E-state index in [1.807, 2.05) is 31.2 Å². The Morgan fingerprint density at radius 3 is 2.75 bits per heavy atom. The number of nitrogens with zero attached hydrogens (tertiary/aromatic N) is 1. The van der Waals surface area contributed by atoms with Gasteiger partial charge in [0, 0.05) is 12.1 Å². The van der Waals surface area contributed by atoms with Gasteiger partial charge < -0.3 is 14.5 Å². The van der Waals surface area contributed by atoms with Gasteiger partial charge in [-0.15, -0.1) is 0 Å². The van der Waals surface area contributed by atoms with Crippen LogP contribution in [-0.2, 0) is 0 Å². The Hall–Kier alpha value is -2.27. The number of nitrogens with one attached hydrogen (secondary N) is 1. The van der Waals surface area contributed by atoms with Gasteiger partial charge in [-0.25, -0.2) is 0 Å². The second-order valence-electron chi connectivity index (χ2n) is 6.15. The maximum Gasteiger partial charge on any atom is 0.251 e. The van der Waals surface area contributed by atoms with E-state index in [0.717, 1.165) is 24.6 Å². The van der Waals surface area contributed by atoms with Gasteiger partial charge in [-0.2, -0.15) is 0 Å². The predicted octanol–water partition coefficient (Wildman–Crippen LogP) is 3.16. The monoisotopic (exact) mass is 328 g/mol. The van der Waals surface area contributed by atoms with E-state index in [4.69, 9.17) is 9.15 Å². The summed E-state index contributed by atoms with van der Waals surface area (Å²) in [5.74, 6) is 2.40. The summed E-state index contributed by atoms with van der Waals surface area (Å²) in [6.07, 6.45) is 2.39. The summed E-state index contributed by atoms with van der Waals surface area (Å²) in [6.45, 7) is 4.56. The number of carbonyl (C=O) groups excluding carboxylic acids is 1. The molecule has 1 amide bonds. The molecule has 1 atom stereocenters. The van der Waals surface area contributed by atoms with Crippen molar-refractivity contribution in [3.8, 4) is 5.75 Å². The Bertz CT molecular complexity index is 689. The van der Waals surface area contributed by atoms with Crippen molar-refractivity contribution in [3.63, 3.8) is 0 Å². The number of hydrogen-bond donors (Lipinski definition) is 1. The Kier molecular flexibility index (Phi) is 5.20. The molecule has 1 aliphatic rings. The van der Waals surface area contributed by atoms with Gasteiger partial charge in [0.25, 0.3) is 5.91 Å². The lowest BCUT2D eigenvalue weighted by Gasteiger charge is -2.26. The summed E-state index contributed by atoms with van der Waals surface area (Å²) < 4.78 is 11.0. The first-order chi connectivity index (χ1) is 11.7. The van der Waals surface area contributed by atoms with E-state index < -0.39 is 0 Å². The maximum absolute atomic E-state index is 12.5. The van der Waals surface area contributed by atoms with Crippen molar-refractivity contribution in [3.05, 3.63) is 53.5 Å².